The fraction of sp³-hybridized carbons (Fsp3) is 0.286. The van der Waals surface area contributed by atoms with Gasteiger partial charge >= 0.3 is 0 Å². The first kappa shape index (κ1) is 14.5. The lowest BCUT2D eigenvalue weighted by atomic mass is 10.3. The molecule has 0 saturated carbocycles. The highest BCUT2D eigenvalue weighted by Gasteiger charge is 2.16. The van der Waals surface area contributed by atoms with Crippen LogP contribution in [0.5, 0.6) is 5.75 Å². The van der Waals surface area contributed by atoms with Crippen molar-refractivity contribution in [2.45, 2.75) is 17.1 Å². The highest BCUT2D eigenvalue weighted by atomic mass is 32.2. The summed E-state index contributed by atoms with van der Waals surface area (Å²) in [6, 6.07) is 7.35. The number of hydrogen-bond acceptors (Lipinski definition) is 4. The van der Waals surface area contributed by atoms with Gasteiger partial charge in [-0.3, -0.25) is 9.48 Å². The number of nitrogens with zero attached hydrogens (tertiary/aromatic N) is 2. The molecule has 6 heteroatoms. The van der Waals surface area contributed by atoms with E-state index >= 15 is 0 Å². The van der Waals surface area contributed by atoms with Crippen LogP contribution >= 0.6 is 11.8 Å². The number of aryl methyl sites for hydroxylation is 1. The number of nitrogens with one attached hydrogen (secondary N) is 1. The lowest BCUT2D eigenvalue weighted by Crippen LogP contribution is -2.22. The van der Waals surface area contributed by atoms with Crippen molar-refractivity contribution in [3.8, 4) is 5.75 Å². The molecule has 20 heavy (non-hydrogen) atoms. The highest BCUT2D eigenvalue weighted by molar-refractivity contribution is 8.00. The Morgan fingerprint density at radius 2 is 2.20 bits per heavy atom. The second kappa shape index (κ2) is 6.47. The fourth-order valence-corrected chi connectivity index (χ4v) is 2.60. The molecule has 0 aliphatic heterocycles. The summed E-state index contributed by atoms with van der Waals surface area (Å²) in [5.74, 6) is 0.586. The maximum absolute atomic E-state index is 12.2. The van der Waals surface area contributed by atoms with E-state index in [0.29, 0.717) is 11.4 Å². The van der Waals surface area contributed by atoms with E-state index in [9.17, 15) is 4.79 Å². The minimum Gasteiger partial charge on any atom is -0.495 e. The van der Waals surface area contributed by atoms with Gasteiger partial charge in [-0.05, 0) is 19.1 Å². The smallest absolute Gasteiger partial charge is 0.237 e. The van der Waals surface area contributed by atoms with Gasteiger partial charge in [0.2, 0.25) is 5.91 Å². The number of anilines is 1. The Morgan fingerprint density at radius 3 is 2.85 bits per heavy atom. The van der Waals surface area contributed by atoms with Gasteiger partial charge in [-0.1, -0.05) is 12.1 Å². The van der Waals surface area contributed by atoms with Gasteiger partial charge in [0.15, 0.2) is 0 Å². The summed E-state index contributed by atoms with van der Waals surface area (Å²) in [6.07, 6.45) is 3.63. The van der Waals surface area contributed by atoms with Crippen LogP contribution in [0.25, 0.3) is 0 Å². The summed E-state index contributed by atoms with van der Waals surface area (Å²) in [6.45, 7) is 1.86. The van der Waals surface area contributed by atoms with Gasteiger partial charge in [0.05, 0.1) is 24.2 Å². The van der Waals surface area contributed by atoms with Gasteiger partial charge in [-0.25, -0.2) is 0 Å². The van der Waals surface area contributed by atoms with Crippen LogP contribution in [-0.4, -0.2) is 28.0 Å². The molecule has 0 aliphatic carbocycles. The minimum absolute atomic E-state index is 0.0663. The molecule has 1 unspecified atom stereocenters. The summed E-state index contributed by atoms with van der Waals surface area (Å²) in [5.41, 5.74) is 0.679. The average Bonchev–Trinajstić information content (AvgIpc) is 2.84. The first-order chi connectivity index (χ1) is 9.60. The maximum Gasteiger partial charge on any atom is 0.237 e. The third-order valence-corrected chi connectivity index (χ3v) is 3.78. The molecule has 2 rings (SSSR count). The van der Waals surface area contributed by atoms with Crippen LogP contribution in [0.1, 0.15) is 6.92 Å². The van der Waals surface area contributed by atoms with Crippen LogP contribution < -0.4 is 10.1 Å². The first-order valence-electron chi connectivity index (χ1n) is 6.19. The Bertz CT molecular complexity index is 598. The summed E-state index contributed by atoms with van der Waals surface area (Å²) in [5, 5.41) is 6.74. The predicted octanol–water partition coefficient (Wildman–Crippen LogP) is 2.55. The molecule has 1 heterocycles. The van der Waals surface area contributed by atoms with E-state index in [1.807, 2.05) is 44.4 Å². The molecular formula is C14H17N3O2S. The van der Waals surface area contributed by atoms with Crippen molar-refractivity contribution in [1.82, 2.24) is 9.78 Å². The lowest BCUT2D eigenvalue weighted by Gasteiger charge is -2.13. The summed E-state index contributed by atoms with van der Waals surface area (Å²) < 4.78 is 6.93. The van der Waals surface area contributed by atoms with E-state index in [-0.39, 0.29) is 11.2 Å². The quantitative estimate of drug-likeness (QED) is 0.860. The van der Waals surface area contributed by atoms with Crippen molar-refractivity contribution in [3.63, 3.8) is 0 Å². The van der Waals surface area contributed by atoms with Gasteiger partial charge in [0, 0.05) is 18.1 Å². The van der Waals surface area contributed by atoms with Crippen LogP contribution in [0, 0.1) is 0 Å². The molecule has 1 aromatic carbocycles. The summed E-state index contributed by atoms with van der Waals surface area (Å²) in [4.78, 5) is 13.1. The SMILES string of the molecule is COc1ccccc1NC(=O)C(C)Sc1cnn(C)c1. The second-order valence-electron chi connectivity index (χ2n) is 4.30. The van der Waals surface area contributed by atoms with Gasteiger partial charge in [0.25, 0.3) is 0 Å². The number of amides is 1. The van der Waals surface area contributed by atoms with Crippen LogP contribution in [0.2, 0.25) is 0 Å². The average molecular weight is 291 g/mol. The lowest BCUT2D eigenvalue weighted by molar-refractivity contribution is -0.115. The fourth-order valence-electron chi connectivity index (χ4n) is 1.70. The Balaban J connectivity index is 2.00. The first-order valence-corrected chi connectivity index (χ1v) is 7.07. The molecule has 1 aromatic heterocycles. The number of thioether (sulfide) groups is 1. The van der Waals surface area contributed by atoms with E-state index in [2.05, 4.69) is 10.4 Å². The zero-order valence-corrected chi connectivity index (χ0v) is 12.5. The van der Waals surface area contributed by atoms with Crippen LogP contribution in [0.3, 0.4) is 0 Å². The van der Waals surface area contributed by atoms with E-state index < -0.39 is 0 Å². The van der Waals surface area contributed by atoms with Crippen molar-refractivity contribution in [3.05, 3.63) is 36.7 Å². The van der Waals surface area contributed by atoms with Crippen molar-refractivity contribution in [2.24, 2.45) is 7.05 Å². The Labute approximate surface area is 122 Å². The maximum atomic E-state index is 12.2. The molecule has 0 bridgehead atoms. The zero-order chi connectivity index (χ0) is 14.5. The minimum atomic E-state index is -0.218. The zero-order valence-electron chi connectivity index (χ0n) is 11.7. The summed E-state index contributed by atoms with van der Waals surface area (Å²) >= 11 is 1.47. The number of para-hydroxylation sites is 2. The molecular weight excluding hydrogens is 274 g/mol. The van der Waals surface area contributed by atoms with E-state index in [0.717, 1.165) is 4.90 Å². The van der Waals surface area contributed by atoms with Gasteiger partial charge in [-0.15, -0.1) is 11.8 Å². The molecule has 0 spiro atoms. The predicted molar refractivity (Wildman–Crippen MR) is 80.2 cm³/mol. The van der Waals surface area contributed by atoms with Crippen molar-refractivity contribution < 1.29 is 9.53 Å². The van der Waals surface area contributed by atoms with Crippen molar-refractivity contribution in [2.75, 3.05) is 12.4 Å². The van der Waals surface area contributed by atoms with Crippen molar-refractivity contribution in [1.29, 1.82) is 0 Å². The molecule has 1 atom stereocenters. The van der Waals surface area contributed by atoms with E-state index in [1.165, 1.54) is 11.8 Å². The molecule has 0 fully saturated rings. The number of rotatable bonds is 5. The molecule has 2 aromatic rings. The molecule has 1 N–H and O–H groups in total. The van der Waals surface area contributed by atoms with Crippen LogP contribution in [0.4, 0.5) is 5.69 Å². The molecule has 0 radical (unpaired) electrons. The third kappa shape index (κ3) is 3.54. The number of aromatic nitrogens is 2. The number of benzene rings is 1. The number of hydrogen-bond donors (Lipinski definition) is 1. The van der Waals surface area contributed by atoms with Gasteiger partial charge < -0.3 is 10.1 Å². The van der Waals surface area contributed by atoms with Gasteiger partial charge in [-0.2, -0.15) is 5.10 Å². The molecule has 0 aliphatic rings. The molecule has 0 saturated heterocycles. The standard InChI is InChI=1S/C14H17N3O2S/c1-10(20-11-8-15-17(2)9-11)14(18)16-12-6-4-5-7-13(12)19-3/h4-10H,1-3H3,(H,16,18). The molecule has 1 amide bonds. The molecule has 5 nitrogen and oxygen atoms in total. The van der Waals surface area contributed by atoms with Crippen LogP contribution in [-0.2, 0) is 11.8 Å². The monoisotopic (exact) mass is 291 g/mol. The van der Waals surface area contributed by atoms with E-state index in [4.69, 9.17) is 4.74 Å². The second-order valence-corrected chi connectivity index (χ2v) is 5.71. The van der Waals surface area contributed by atoms with E-state index in [1.54, 1.807) is 18.0 Å². The normalized spacial score (nSPS) is 11.9. The highest BCUT2D eigenvalue weighted by Crippen LogP contribution is 2.26. The number of ether oxygens (including phenoxy) is 1. The number of carbonyl (C=O) groups excluding carboxylic acids is 1. The van der Waals surface area contributed by atoms with Crippen molar-refractivity contribution >= 4 is 23.4 Å². The Morgan fingerprint density at radius 1 is 1.45 bits per heavy atom. The Hall–Kier alpha value is -1.95. The summed E-state index contributed by atoms with van der Waals surface area (Å²) in [7, 11) is 3.43. The van der Waals surface area contributed by atoms with Gasteiger partial charge in [0.1, 0.15) is 5.75 Å². The third-order valence-electron chi connectivity index (χ3n) is 2.73. The number of carbonyl (C=O) groups is 1. The largest absolute Gasteiger partial charge is 0.495 e. The van der Waals surface area contributed by atoms with Crippen LogP contribution in [0.15, 0.2) is 41.6 Å². The number of methoxy groups -OCH3 is 1. The Kier molecular flexibility index (Phi) is 4.68. The topological polar surface area (TPSA) is 56.1 Å². The molecule has 106 valence electrons.